The fourth-order valence-electron chi connectivity index (χ4n) is 6.70. The summed E-state index contributed by atoms with van der Waals surface area (Å²) in [6.45, 7) is 10.5. The Kier molecular flexibility index (Phi) is 10.5. The minimum Gasteiger partial charge on any atom is -0.460 e. The highest BCUT2D eigenvalue weighted by molar-refractivity contribution is 7.99. The first-order valence-corrected chi connectivity index (χ1v) is 19.0. The van der Waals surface area contributed by atoms with Crippen LogP contribution in [0.3, 0.4) is 0 Å². The fourth-order valence-corrected chi connectivity index (χ4v) is 7.84. The van der Waals surface area contributed by atoms with Crippen LogP contribution in [0.25, 0.3) is 22.3 Å². The Morgan fingerprint density at radius 1 is 1.04 bits per heavy atom. The normalized spacial score (nSPS) is 19.2. The zero-order valence-corrected chi connectivity index (χ0v) is 32.0. The van der Waals surface area contributed by atoms with E-state index in [-0.39, 0.29) is 54.5 Å². The minimum atomic E-state index is -3.06. The van der Waals surface area contributed by atoms with E-state index in [9.17, 15) is 4.79 Å². The average Bonchev–Trinajstić information content (AvgIpc) is 3.72. The van der Waals surface area contributed by atoms with Crippen LogP contribution in [0.2, 0.25) is 0 Å². The number of aromatic nitrogens is 4. The van der Waals surface area contributed by atoms with Crippen molar-refractivity contribution >= 4 is 28.6 Å². The van der Waals surface area contributed by atoms with E-state index in [4.69, 9.17) is 19.6 Å². The lowest BCUT2D eigenvalue weighted by Crippen LogP contribution is -2.40. The molecule has 2 aromatic heterocycles. The number of fused-ring (bicyclic) bond motifs is 8. The predicted molar refractivity (Wildman–Crippen MR) is 201 cm³/mol. The van der Waals surface area contributed by atoms with Gasteiger partial charge in [-0.1, -0.05) is 38.1 Å². The number of halogens is 4. The van der Waals surface area contributed by atoms with Crippen molar-refractivity contribution in [2.75, 3.05) is 11.5 Å². The molecule has 1 aliphatic rings. The number of nitrogens with one attached hydrogen (secondary N) is 1. The molecule has 7 nitrogen and oxygen atoms in total. The van der Waals surface area contributed by atoms with Gasteiger partial charge in [-0.05, 0) is 94.5 Å². The molecular weight excluding hydrogens is 705 g/mol. The topological polar surface area (TPSA) is 82.0 Å². The molecule has 6 rings (SSSR count). The van der Waals surface area contributed by atoms with Gasteiger partial charge in [-0.2, -0.15) is 16.9 Å². The molecule has 282 valence electrons. The molecule has 5 aromatic rings. The van der Waals surface area contributed by atoms with Gasteiger partial charge < -0.3 is 14.5 Å². The summed E-state index contributed by atoms with van der Waals surface area (Å²) in [6, 6.07) is 14.9. The van der Waals surface area contributed by atoms with Crippen LogP contribution in [0.4, 0.5) is 17.6 Å². The van der Waals surface area contributed by atoms with Crippen molar-refractivity contribution in [1.29, 1.82) is 0 Å². The molecular formula is C41H46F4N4O3S. The van der Waals surface area contributed by atoms with Crippen LogP contribution in [0.1, 0.15) is 83.3 Å². The van der Waals surface area contributed by atoms with E-state index in [2.05, 4.69) is 4.98 Å². The summed E-state index contributed by atoms with van der Waals surface area (Å²) in [6.07, 6.45) is 2.91. The molecule has 0 aliphatic carbocycles. The minimum absolute atomic E-state index is 0.0405. The van der Waals surface area contributed by atoms with Crippen LogP contribution in [-0.4, -0.2) is 48.7 Å². The van der Waals surface area contributed by atoms with E-state index in [0.29, 0.717) is 29.1 Å². The summed E-state index contributed by atoms with van der Waals surface area (Å²) in [5, 5.41) is 5.49. The van der Waals surface area contributed by atoms with E-state index in [1.807, 2.05) is 52.0 Å². The Bertz CT molecular complexity index is 2140. The third-order valence-corrected chi connectivity index (χ3v) is 11.2. The second kappa shape index (κ2) is 14.5. The second-order valence-electron chi connectivity index (χ2n) is 15.7. The highest BCUT2D eigenvalue weighted by Gasteiger charge is 2.48. The lowest BCUT2D eigenvalue weighted by Gasteiger charge is -2.37. The smallest absolute Gasteiger partial charge is 0.306 e. The van der Waals surface area contributed by atoms with E-state index in [1.54, 1.807) is 33.2 Å². The van der Waals surface area contributed by atoms with Gasteiger partial charge in [-0.3, -0.25) is 4.79 Å². The van der Waals surface area contributed by atoms with Crippen LogP contribution >= 0.6 is 11.8 Å². The van der Waals surface area contributed by atoms with Crippen molar-refractivity contribution in [1.82, 2.24) is 19.7 Å². The maximum absolute atomic E-state index is 16.2. The number of carbonyl (C=O) groups excluding carboxylic acids is 1. The Labute approximate surface area is 311 Å². The van der Waals surface area contributed by atoms with Crippen LogP contribution in [0.15, 0.2) is 60.8 Å². The Hall–Kier alpha value is -4.32. The molecule has 0 spiro atoms. The largest absolute Gasteiger partial charge is 0.460 e. The van der Waals surface area contributed by atoms with E-state index < -0.39 is 39.7 Å². The number of hydrogen-bond acceptors (Lipinski definition) is 6. The summed E-state index contributed by atoms with van der Waals surface area (Å²) in [4.78, 5) is 20.4. The van der Waals surface area contributed by atoms with E-state index >= 15 is 17.6 Å². The van der Waals surface area contributed by atoms with Gasteiger partial charge >= 0.3 is 5.97 Å². The standard InChI is InChI=1S/C41H46F4N4O3S/c1-38(2,3)52-34(50)14-11-25-9-8-10-26(21-25)40(6)18-17-39(4,5)41(44,45)24-53-20-16-29-28-15-19-46-33(28)23-32(43)35(29)51-27-12-13-31(42)30(22-27)36-47-37(40)48-49(36)7/h8-10,12-13,15,19,21-23,46H,11,14,16-18,20,24H2,1-7H3. The highest BCUT2D eigenvalue weighted by Crippen LogP contribution is 2.47. The lowest BCUT2D eigenvalue weighted by atomic mass is 9.71. The quantitative estimate of drug-likeness (QED) is 0.146. The number of alkyl halides is 2. The van der Waals surface area contributed by atoms with Crippen molar-refractivity contribution in [2.45, 2.75) is 90.6 Å². The SMILES string of the molecule is Cn1nc2nc1-c1cc(ccc1F)Oc1c(F)cc3[nH]ccc3c1CCSCC(F)(F)C(C)(C)CCC2(C)c1cccc(CCC(=O)OC(C)(C)C)c1. The van der Waals surface area contributed by atoms with E-state index in [0.717, 1.165) is 28.3 Å². The first-order valence-electron chi connectivity index (χ1n) is 17.8. The zero-order chi connectivity index (χ0) is 38.3. The summed E-state index contributed by atoms with van der Waals surface area (Å²) >= 11 is 1.11. The van der Waals surface area contributed by atoms with Crippen molar-refractivity contribution in [3.05, 3.63) is 94.9 Å². The first kappa shape index (κ1) is 38.4. The highest BCUT2D eigenvalue weighted by atomic mass is 32.2. The number of benzene rings is 3. The number of H-pyrrole nitrogens is 1. The van der Waals surface area contributed by atoms with E-state index in [1.165, 1.54) is 28.9 Å². The molecule has 1 aliphatic heterocycles. The monoisotopic (exact) mass is 750 g/mol. The number of rotatable bonds is 4. The summed E-state index contributed by atoms with van der Waals surface area (Å²) in [5.41, 5.74) is -0.194. The summed E-state index contributed by atoms with van der Waals surface area (Å²) in [7, 11) is 1.64. The molecule has 0 saturated carbocycles. The summed E-state index contributed by atoms with van der Waals surface area (Å²) in [5.74, 6) is -4.06. The number of esters is 1. The van der Waals surface area contributed by atoms with Crippen LogP contribution in [-0.2, 0) is 34.8 Å². The average molecular weight is 751 g/mol. The summed E-state index contributed by atoms with van der Waals surface area (Å²) < 4.78 is 76.7. The van der Waals surface area contributed by atoms with Crippen LogP contribution in [0, 0.1) is 17.0 Å². The van der Waals surface area contributed by atoms with Crippen LogP contribution in [0.5, 0.6) is 11.5 Å². The number of nitrogens with zero attached hydrogens (tertiary/aromatic N) is 3. The molecule has 3 heterocycles. The third-order valence-electron chi connectivity index (χ3n) is 10.1. The molecule has 0 amide bonds. The van der Waals surface area contributed by atoms with Crippen LogP contribution < -0.4 is 4.74 Å². The van der Waals surface area contributed by atoms with Gasteiger partial charge in [0, 0.05) is 47.6 Å². The number of ether oxygens (including phenoxy) is 2. The Morgan fingerprint density at radius 2 is 1.81 bits per heavy atom. The Morgan fingerprint density at radius 3 is 2.57 bits per heavy atom. The van der Waals surface area contributed by atoms with Gasteiger partial charge in [-0.15, -0.1) is 0 Å². The molecule has 1 atom stereocenters. The number of carbonyl (C=O) groups is 1. The Balaban J connectivity index is 1.45. The van der Waals surface area contributed by atoms with Gasteiger partial charge in [0.05, 0.1) is 16.7 Å². The van der Waals surface area contributed by atoms with Crippen molar-refractivity contribution in [3.8, 4) is 22.9 Å². The van der Waals surface area contributed by atoms with Gasteiger partial charge in [0.2, 0.25) is 0 Å². The molecule has 0 radical (unpaired) electrons. The molecule has 1 N–H and O–H groups in total. The molecule has 12 heteroatoms. The zero-order valence-electron chi connectivity index (χ0n) is 31.2. The second-order valence-corrected chi connectivity index (χ2v) is 16.8. The molecule has 1 unspecified atom stereocenters. The number of aryl methyl sites for hydroxylation is 3. The van der Waals surface area contributed by atoms with Gasteiger partial charge in [0.25, 0.3) is 5.92 Å². The maximum atomic E-state index is 16.2. The molecule has 4 bridgehead atoms. The van der Waals surface area contributed by atoms with Crippen molar-refractivity contribution < 1.29 is 31.8 Å². The first-order chi connectivity index (χ1) is 24.9. The number of hydrogen-bond donors (Lipinski definition) is 1. The molecule has 53 heavy (non-hydrogen) atoms. The van der Waals surface area contributed by atoms with Gasteiger partial charge in [0.15, 0.2) is 23.2 Å². The van der Waals surface area contributed by atoms with Crippen molar-refractivity contribution in [3.63, 3.8) is 0 Å². The maximum Gasteiger partial charge on any atom is 0.306 e. The molecule has 0 saturated heterocycles. The fraction of sp³-hybridized carbons (Fsp3) is 0.439. The third kappa shape index (κ3) is 8.12. The lowest BCUT2D eigenvalue weighted by molar-refractivity contribution is -0.154. The molecule has 3 aromatic carbocycles. The number of aromatic amines is 1. The van der Waals surface area contributed by atoms with Crippen molar-refractivity contribution in [2.24, 2.45) is 12.5 Å². The van der Waals surface area contributed by atoms with Gasteiger partial charge in [-0.25, -0.2) is 27.2 Å². The predicted octanol–water partition coefficient (Wildman–Crippen LogP) is 10.3. The van der Waals surface area contributed by atoms with Gasteiger partial charge in [0.1, 0.15) is 17.2 Å². The molecule has 0 fully saturated rings. The number of thioether (sulfide) groups is 1.